The van der Waals surface area contributed by atoms with Crippen LogP contribution in [-0.4, -0.2) is 61.8 Å². The molecule has 2 N–H and O–H groups in total. The number of halogens is 1. The second-order valence-corrected chi connectivity index (χ2v) is 8.80. The van der Waals surface area contributed by atoms with Crippen LogP contribution in [-0.2, 0) is 4.74 Å². The number of rotatable bonds is 3. The third-order valence-electron chi connectivity index (χ3n) is 6.78. The fraction of sp³-hybridized carbons (Fsp3) is 0.947. The molecule has 0 radical (unpaired) electrons. The molecule has 2 saturated heterocycles. The first-order valence-electron chi connectivity index (χ1n) is 9.95. The first-order valence-corrected chi connectivity index (χ1v) is 9.95. The van der Waals surface area contributed by atoms with Gasteiger partial charge in [-0.2, -0.15) is 0 Å². The molecule has 6 heteroatoms. The summed E-state index contributed by atoms with van der Waals surface area (Å²) >= 11 is 0. The second-order valence-electron chi connectivity index (χ2n) is 8.80. The first-order chi connectivity index (χ1) is 11.6. The summed E-state index contributed by atoms with van der Waals surface area (Å²) in [5, 5.41) is 7.42. The van der Waals surface area contributed by atoms with Crippen molar-refractivity contribution in [2.75, 3.05) is 26.7 Å². The van der Waals surface area contributed by atoms with Crippen LogP contribution in [0.25, 0.3) is 0 Å². The van der Waals surface area contributed by atoms with E-state index in [4.69, 9.17) is 4.74 Å². The maximum atomic E-state index is 6.02. The highest BCUT2D eigenvalue weighted by molar-refractivity contribution is 14.0. The molecular formula is C19H35IN4O. The maximum Gasteiger partial charge on any atom is 0.191 e. The van der Waals surface area contributed by atoms with Crippen LogP contribution in [0.15, 0.2) is 4.99 Å². The summed E-state index contributed by atoms with van der Waals surface area (Å²) in [7, 11) is 1.90. The Morgan fingerprint density at radius 3 is 2.44 bits per heavy atom. The summed E-state index contributed by atoms with van der Waals surface area (Å²) in [6.45, 7) is 8.08. The topological polar surface area (TPSA) is 48.9 Å². The molecule has 0 aromatic carbocycles. The van der Waals surface area contributed by atoms with Crippen LogP contribution in [0.3, 0.4) is 0 Å². The average molecular weight is 462 g/mol. The van der Waals surface area contributed by atoms with Crippen molar-refractivity contribution in [1.29, 1.82) is 0 Å². The molecule has 2 aliphatic heterocycles. The maximum absolute atomic E-state index is 6.02. The van der Waals surface area contributed by atoms with Crippen molar-refractivity contribution in [3.63, 3.8) is 0 Å². The highest BCUT2D eigenvalue weighted by Crippen LogP contribution is 2.51. The molecule has 25 heavy (non-hydrogen) atoms. The molecule has 0 aromatic heterocycles. The Morgan fingerprint density at radius 2 is 1.80 bits per heavy atom. The van der Waals surface area contributed by atoms with E-state index in [0.29, 0.717) is 24.1 Å². The zero-order chi connectivity index (χ0) is 16.7. The Labute approximate surface area is 169 Å². The van der Waals surface area contributed by atoms with Gasteiger partial charge in [0.15, 0.2) is 5.96 Å². The highest BCUT2D eigenvalue weighted by atomic mass is 127. The fourth-order valence-electron chi connectivity index (χ4n) is 5.18. The lowest BCUT2D eigenvalue weighted by Crippen LogP contribution is -2.71. The standard InChI is InChI=1S/C19H34N4O.HI/c1-19(2)16(15-5-4-12-24-17(15)19)22-18(20-3)21-13-8-10-23(11-9-13)14-6-7-14;/h13-17H,4-12H2,1-3H3,(H2,20,21,22);1H. The monoisotopic (exact) mass is 462 g/mol. The number of hydrogen-bond acceptors (Lipinski definition) is 3. The van der Waals surface area contributed by atoms with Gasteiger partial charge in [0.1, 0.15) is 0 Å². The first kappa shape index (κ1) is 19.7. The lowest BCUT2D eigenvalue weighted by Gasteiger charge is -2.60. The number of nitrogens with one attached hydrogen (secondary N) is 2. The van der Waals surface area contributed by atoms with Gasteiger partial charge in [-0.3, -0.25) is 4.99 Å². The zero-order valence-electron chi connectivity index (χ0n) is 16.0. The summed E-state index contributed by atoms with van der Waals surface area (Å²) in [5.41, 5.74) is 0.193. The van der Waals surface area contributed by atoms with E-state index < -0.39 is 0 Å². The van der Waals surface area contributed by atoms with Crippen LogP contribution in [0.4, 0.5) is 0 Å². The van der Waals surface area contributed by atoms with Gasteiger partial charge in [-0.05, 0) is 38.5 Å². The number of hydrogen-bond donors (Lipinski definition) is 2. The third kappa shape index (κ3) is 3.95. The SMILES string of the molecule is CN=C(NC1CCN(C2CC2)CC1)NC1C2CCCOC2C1(C)C.I. The molecule has 4 rings (SSSR count). The van der Waals surface area contributed by atoms with Gasteiger partial charge in [0.05, 0.1) is 6.10 Å². The lowest BCUT2D eigenvalue weighted by molar-refractivity contribution is -0.188. The molecule has 144 valence electrons. The molecular weight excluding hydrogens is 427 g/mol. The summed E-state index contributed by atoms with van der Waals surface area (Å²) in [6.07, 6.45) is 8.21. The molecule has 3 atom stereocenters. The normalized spacial score (nSPS) is 36.0. The van der Waals surface area contributed by atoms with E-state index in [0.717, 1.165) is 18.6 Å². The van der Waals surface area contributed by atoms with E-state index in [9.17, 15) is 0 Å². The van der Waals surface area contributed by atoms with Crippen LogP contribution < -0.4 is 10.6 Å². The zero-order valence-corrected chi connectivity index (χ0v) is 18.3. The number of piperidine rings is 1. The number of nitrogens with zero attached hydrogens (tertiary/aromatic N) is 2. The predicted molar refractivity (Wildman–Crippen MR) is 113 cm³/mol. The largest absolute Gasteiger partial charge is 0.377 e. The van der Waals surface area contributed by atoms with Crippen molar-refractivity contribution >= 4 is 29.9 Å². The second kappa shape index (κ2) is 7.89. The Morgan fingerprint density at radius 1 is 1.08 bits per heavy atom. The molecule has 4 fully saturated rings. The smallest absolute Gasteiger partial charge is 0.191 e. The summed E-state index contributed by atoms with van der Waals surface area (Å²) in [6, 6.07) is 1.94. The van der Waals surface area contributed by atoms with Gasteiger partial charge < -0.3 is 20.3 Å². The summed E-state index contributed by atoms with van der Waals surface area (Å²) < 4.78 is 6.02. The van der Waals surface area contributed by atoms with Gasteiger partial charge >= 0.3 is 0 Å². The molecule has 3 unspecified atom stereocenters. The van der Waals surface area contributed by atoms with E-state index in [1.165, 1.54) is 51.6 Å². The Bertz CT molecular complexity index is 486. The van der Waals surface area contributed by atoms with E-state index >= 15 is 0 Å². The van der Waals surface area contributed by atoms with Crippen molar-refractivity contribution in [2.45, 2.75) is 76.6 Å². The van der Waals surface area contributed by atoms with Crippen LogP contribution >= 0.6 is 24.0 Å². The molecule has 0 bridgehead atoms. The molecule has 2 heterocycles. The predicted octanol–water partition coefficient (Wildman–Crippen LogP) is 2.60. The lowest BCUT2D eigenvalue weighted by atomic mass is 9.55. The molecule has 2 aliphatic carbocycles. The number of guanidine groups is 1. The van der Waals surface area contributed by atoms with Gasteiger partial charge in [0.25, 0.3) is 0 Å². The van der Waals surface area contributed by atoms with Gasteiger partial charge in [-0.1, -0.05) is 13.8 Å². The molecule has 0 amide bonds. The molecule has 5 nitrogen and oxygen atoms in total. The van der Waals surface area contributed by atoms with E-state index in [1.54, 1.807) is 0 Å². The van der Waals surface area contributed by atoms with Crippen LogP contribution in [0.2, 0.25) is 0 Å². The Hall–Kier alpha value is -0.0800. The van der Waals surface area contributed by atoms with Crippen molar-refractivity contribution in [3.05, 3.63) is 0 Å². The van der Waals surface area contributed by atoms with Crippen molar-refractivity contribution in [1.82, 2.24) is 15.5 Å². The molecule has 0 spiro atoms. The van der Waals surface area contributed by atoms with Gasteiger partial charge in [0, 0.05) is 56.2 Å². The number of ether oxygens (including phenoxy) is 1. The van der Waals surface area contributed by atoms with Crippen LogP contribution in [0.5, 0.6) is 0 Å². The molecule has 0 aromatic rings. The quantitative estimate of drug-likeness (QED) is 0.385. The minimum absolute atomic E-state index is 0. The molecule has 4 aliphatic rings. The third-order valence-corrected chi connectivity index (χ3v) is 6.78. The van der Waals surface area contributed by atoms with Gasteiger partial charge in [0.2, 0.25) is 0 Å². The average Bonchev–Trinajstić information content (AvgIpc) is 3.44. The van der Waals surface area contributed by atoms with Crippen LogP contribution in [0.1, 0.15) is 52.4 Å². The van der Waals surface area contributed by atoms with E-state index in [1.807, 2.05) is 7.05 Å². The minimum Gasteiger partial charge on any atom is -0.377 e. The van der Waals surface area contributed by atoms with Crippen molar-refractivity contribution in [3.8, 4) is 0 Å². The minimum atomic E-state index is 0. The molecule has 2 saturated carbocycles. The highest BCUT2D eigenvalue weighted by Gasteiger charge is 2.58. The number of fused-ring (bicyclic) bond motifs is 1. The van der Waals surface area contributed by atoms with Gasteiger partial charge in [-0.15, -0.1) is 24.0 Å². The Kier molecular flexibility index (Phi) is 6.21. The summed E-state index contributed by atoms with van der Waals surface area (Å²) in [5.74, 6) is 1.63. The van der Waals surface area contributed by atoms with E-state index in [-0.39, 0.29) is 29.4 Å². The van der Waals surface area contributed by atoms with Crippen molar-refractivity contribution < 1.29 is 4.74 Å². The van der Waals surface area contributed by atoms with Crippen molar-refractivity contribution in [2.24, 2.45) is 16.3 Å². The summed E-state index contributed by atoms with van der Waals surface area (Å²) in [4.78, 5) is 7.19. The number of aliphatic imine (C=N–C) groups is 1. The van der Waals surface area contributed by atoms with Gasteiger partial charge in [-0.25, -0.2) is 0 Å². The fourth-order valence-corrected chi connectivity index (χ4v) is 5.18. The van der Waals surface area contributed by atoms with E-state index in [2.05, 4.69) is 34.4 Å². The number of likely N-dealkylation sites (tertiary alicyclic amines) is 1. The Balaban J connectivity index is 0.00000182. The van der Waals surface area contributed by atoms with Crippen LogP contribution in [0, 0.1) is 11.3 Å².